The molecule has 0 fully saturated rings. The summed E-state index contributed by atoms with van der Waals surface area (Å²) in [6, 6.07) is 3.12. The monoisotopic (exact) mass is 262 g/mol. The molecule has 0 aliphatic carbocycles. The second-order valence-corrected chi connectivity index (χ2v) is 3.38. The van der Waals surface area contributed by atoms with Crippen molar-refractivity contribution >= 4 is 15.9 Å². The van der Waals surface area contributed by atoms with Gasteiger partial charge in [-0.2, -0.15) is 5.26 Å². The Morgan fingerprint density at radius 2 is 2.29 bits per heavy atom. The van der Waals surface area contributed by atoms with Crippen LogP contribution in [0, 0.1) is 11.3 Å². The summed E-state index contributed by atoms with van der Waals surface area (Å²) in [6.45, 7) is 0. The van der Waals surface area contributed by atoms with Crippen molar-refractivity contribution in [1.82, 2.24) is 4.98 Å². The van der Waals surface area contributed by atoms with E-state index in [-0.39, 0.29) is 10.9 Å². The first-order chi connectivity index (χ1) is 6.56. The van der Waals surface area contributed by atoms with E-state index in [1.165, 1.54) is 6.07 Å². The summed E-state index contributed by atoms with van der Waals surface area (Å²) in [4.78, 5) is 13.3. The van der Waals surface area contributed by atoms with E-state index in [0.29, 0.717) is 5.69 Å². The number of alkyl halides is 2. The number of rotatable bonds is 2. The molecule has 0 aliphatic heterocycles. The van der Waals surface area contributed by atoms with Crippen molar-refractivity contribution in [2.45, 2.75) is 12.8 Å². The summed E-state index contributed by atoms with van der Waals surface area (Å²) < 4.78 is 24.6. The van der Waals surface area contributed by atoms with E-state index in [2.05, 4.69) is 20.9 Å². The van der Waals surface area contributed by atoms with Crippen molar-refractivity contribution in [1.29, 1.82) is 5.26 Å². The van der Waals surface area contributed by atoms with Crippen LogP contribution < -0.4 is 5.56 Å². The number of halogens is 3. The van der Waals surface area contributed by atoms with Crippen LogP contribution in [0.15, 0.2) is 15.3 Å². The van der Waals surface area contributed by atoms with Gasteiger partial charge in [0.05, 0.1) is 18.1 Å². The number of hydrogen-bond donors (Lipinski definition) is 1. The van der Waals surface area contributed by atoms with E-state index in [9.17, 15) is 13.6 Å². The summed E-state index contributed by atoms with van der Waals surface area (Å²) in [5.41, 5.74) is -1.15. The molecule has 1 N–H and O–H groups in total. The van der Waals surface area contributed by atoms with Gasteiger partial charge in [0, 0.05) is 10.2 Å². The maximum Gasteiger partial charge on any atom is 0.270 e. The molecule has 1 aromatic rings. The molecule has 0 spiro atoms. The van der Waals surface area contributed by atoms with E-state index in [0.717, 1.165) is 0 Å². The van der Waals surface area contributed by atoms with Crippen LogP contribution in [-0.4, -0.2) is 4.98 Å². The first-order valence-corrected chi connectivity index (χ1v) is 4.42. The van der Waals surface area contributed by atoms with Gasteiger partial charge < -0.3 is 4.98 Å². The fraction of sp³-hybridized carbons (Fsp3) is 0.250. The maximum atomic E-state index is 12.3. The molecule has 0 amide bonds. The van der Waals surface area contributed by atoms with Gasteiger partial charge in [-0.25, -0.2) is 8.78 Å². The fourth-order valence-corrected chi connectivity index (χ4v) is 1.60. The minimum atomic E-state index is -2.83. The highest BCUT2D eigenvalue weighted by atomic mass is 79.9. The predicted molar refractivity (Wildman–Crippen MR) is 49.0 cm³/mol. The average molecular weight is 263 g/mol. The molecular weight excluding hydrogens is 258 g/mol. The zero-order chi connectivity index (χ0) is 10.7. The zero-order valence-corrected chi connectivity index (χ0v) is 8.44. The molecule has 0 unspecified atom stereocenters. The molecule has 6 heteroatoms. The normalized spacial score (nSPS) is 10.2. The van der Waals surface area contributed by atoms with Crippen LogP contribution >= 0.6 is 15.9 Å². The maximum absolute atomic E-state index is 12.3. The van der Waals surface area contributed by atoms with Gasteiger partial charge in [0.1, 0.15) is 0 Å². The van der Waals surface area contributed by atoms with E-state index in [4.69, 9.17) is 5.26 Å². The summed E-state index contributed by atoms with van der Waals surface area (Å²) >= 11 is 2.86. The van der Waals surface area contributed by atoms with Gasteiger partial charge in [0.25, 0.3) is 12.0 Å². The third-order valence-corrected chi connectivity index (χ3v) is 2.22. The Balaban J connectivity index is 3.27. The Morgan fingerprint density at radius 1 is 1.64 bits per heavy atom. The number of aromatic nitrogens is 1. The minimum absolute atomic E-state index is 0.0165. The van der Waals surface area contributed by atoms with E-state index < -0.39 is 17.5 Å². The van der Waals surface area contributed by atoms with Crippen LogP contribution in [0.5, 0.6) is 0 Å². The molecule has 0 bridgehead atoms. The molecule has 0 saturated carbocycles. The fourth-order valence-electron chi connectivity index (χ4n) is 0.972. The molecule has 0 atom stereocenters. The third kappa shape index (κ3) is 2.17. The number of nitrogens with zero attached hydrogens (tertiary/aromatic N) is 1. The van der Waals surface area contributed by atoms with Crippen LogP contribution in [-0.2, 0) is 6.42 Å². The Hall–Kier alpha value is -1.22. The number of H-pyrrole nitrogens is 1. The smallest absolute Gasteiger partial charge is 0.270 e. The largest absolute Gasteiger partial charge is 0.325 e. The zero-order valence-electron chi connectivity index (χ0n) is 6.85. The Labute approximate surface area is 86.5 Å². The van der Waals surface area contributed by atoms with Crippen LogP contribution in [0.4, 0.5) is 8.78 Å². The molecule has 1 rings (SSSR count). The molecule has 1 heterocycles. The van der Waals surface area contributed by atoms with Crippen molar-refractivity contribution in [3.05, 3.63) is 32.2 Å². The van der Waals surface area contributed by atoms with Gasteiger partial charge in [-0.05, 0) is 6.07 Å². The van der Waals surface area contributed by atoms with E-state index in [1.54, 1.807) is 0 Å². The van der Waals surface area contributed by atoms with Crippen LogP contribution in [0.1, 0.15) is 17.7 Å². The van der Waals surface area contributed by atoms with Crippen molar-refractivity contribution in [2.24, 2.45) is 0 Å². The molecule has 0 saturated heterocycles. The van der Waals surface area contributed by atoms with E-state index in [1.807, 2.05) is 6.07 Å². The lowest BCUT2D eigenvalue weighted by Gasteiger charge is -2.03. The number of nitriles is 1. The molecule has 0 aliphatic rings. The van der Waals surface area contributed by atoms with Crippen LogP contribution in [0.2, 0.25) is 0 Å². The number of pyridine rings is 1. The standard InChI is InChI=1S/C8H5BrF2N2O/c9-5-3-4(1-2-12)13-8(14)6(5)7(10)11/h3,7H,1H2,(H,13,14). The second kappa shape index (κ2) is 4.33. The van der Waals surface area contributed by atoms with Gasteiger partial charge in [-0.15, -0.1) is 0 Å². The van der Waals surface area contributed by atoms with Gasteiger partial charge in [-0.1, -0.05) is 15.9 Å². The average Bonchev–Trinajstić information content (AvgIpc) is 2.01. The lowest BCUT2D eigenvalue weighted by molar-refractivity contribution is 0.148. The van der Waals surface area contributed by atoms with Crippen LogP contribution in [0.3, 0.4) is 0 Å². The lowest BCUT2D eigenvalue weighted by atomic mass is 10.2. The molecule has 1 aromatic heterocycles. The lowest BCUT2D eigenvalue weighted by Crippen LogP contribution is -2.15. The third-order valence-electron chi connectivity index (χ3n) is 1.56. The molecule has 0 radical (unpaired) electrons. The first-order valence-electron chi connectivity index (χ1n) is 3.63. The quantitative estimate of drug-likeness (QED) is 0.888. The minimum Gasteiger partial charge on any atom is -0.325 e. The highest BCUT2D eigenvalue weighted by Crippen LogP contribution is 2.23. The molecule has 74 valence electrons. The SMILES string of the molecule is N#CCc1cc(Br)c(C(F)F)c(=O)[nH]1. The van der Waals surface area contributed by atoms with Crippen molar-refractivity contribution in [3.63, 3.8) is 0 Å². The molecular formula is C8H5BrF2N2O. The molecule has 0 aromatic carbocycles. The Bertz CT molecular complexity index is 436. The van der Waals surface area contributed by atoms with Crippen LogP contribution in [0.25, 0.3) is 0 Å². The Kier molecular flexibility index (Phi) is 3.36. The summed E-state index contributed by atoms with van der Waals surface area (Å²) in [7, 11) is 0. The Morgan fingerprint density at radius 3 is 2.71 bits per heavy atom. The summed E-state index contributed by atoms with van der Waals surface area (Å²) in [5, 5.41) is 8.34. The summed E-state index contributed by atoms with van der Waals surface area (Å²) in [5.74, 6) is 0. The second-order valence-electron chi connectivity index (χ2n) is 2.52. The van der Waals surface area contributed by atoms with Crippen molar-refractivity contribution in [3.8, 4) is 6.07 Å². The number of aromatic amines is 1. The predicted octanol–water partition coefficient (Wildman–Crippen LogP) is 2.14. The van der Waals surface area contributed by atoms with Gasteiger partial charge in [0.2, 0.25) is 0 Å². The van der Waals surface area contributed by atoms with Gasteiger partial charge in [-0.3, -0.25) is 4.79 Å². The van der Waals surface area contributed by atoms with Crippen molar-refractivity contribution < 1.29 is 8.78 Å². The topological polar surface area (TPSA) is 56.6 Å². The van der Waals surface area contributed by atoms with E-state index >= 15 is 0 Å². The number of hydrogen-bond acceptors (Lipinski definition) is 2. The molecule has 3 nitrogen and oxygen atoms in total. The summed E-state index contributed by atoms with van der Waals surface area (Å²) in [6.07, 6.45) is -2.85. The highest BCUT2D eigenvalue weighted by molar-refractivity contribution is 9.10. The van der Waals surface area contributed by atoms with Gasteiger partial charge >= 0.3 is 0 Å². The van der Waals surface area contributed by atoms with Gasteiger partial charge in [0.15, 0.2) is 0 Å². The first kappa shape index (κ1) is 10.9. The van der Waals surface area contributed by atoms with Crippen molar-refractivity contribution in [2.75, 3.05) is 0 Å². The highest BCUT2D eigenvalue weighted by Gasteiger charge is 2.16. The number of nitrogens with one attached hydrogen (secondary N) is 1. The molecule has 14 heavy (non-hydrogen) atoms.